The fourth-order valence-electron chi connectivity index (χ4n) is 1.89. The molecule has 2 N–H and O–H groups in total. The van der Waals surface area contributed by atoms with Gasteiger partial charge in [0, 0.05) is 6.20 Å². The standard InChI is InChI=1S/C17H15N3O3/c21-17(20-13-10-18-19-11-13)12-22-14-6-8-16(9-7-14)23-15-4-2-1-3-5-15/h1-11H,12H2,(H,18,19)(H,20,21). The lowest BCUT2D eigenvalue weighted by molar-refractivity contribution is -0.118. The second kappa shape index (κ2) is 7.13. The third kappa shape index (κ3) is 4.34. The zero-order valence-electron chi connectivity index (χ0n) is 12.2. The molecule has 0 bridgehead atoms. The smallest absolute Gasteiger partial charge is 0.262 e. The number of amides is 1. The van der Waals surface area contributed by atoms with E-state index in [-0.39, 0.29) is 12.5 Å². The van der Waals surface area contributed by atoms with Gasteiger partial charge in [0.05, 0.1) is 11.9 Å². The Balaban J connectivity index is 1.50. The van der Waals surface area contributed by atoms with Gasteiger partial charge in [0.1, 0.15) is 17.2 Å². The van der Waals surface area contributed by atoms with Crippen molar-refractivity contribution >= 4 is 11.6 Å². The molecule has 6 nitrogen and oxygen atoms in total. The van der Waals surface area contributed by atoms with E-state index in [0.717, 1.165) is 5.75 Å². The number of hydrogen-bond donors (Lipinski definition) is 2. The molecule has 3 rings (SSSR count). The Kier molecular flexibility index (Phi) is 4.54. The van der Waals surface area contributed by atoms with E-state index >= 15 is 0 Å². The summed E-state index contributed by atoms with van der Waals surface area (Å²) in [6, 6.07) is 16.6. The van der Waals surface area contributed by atoms with Crippen LogP contribution in [0.5, 0.6) is 17.2 Å². The molecule has 0 atom stereocenters. The van der Waals surface area contributed by atoms with Gasteiger partial charge in [-0.2, -0.15) is 5.10 Å². The Morgan fingerprint density at radius 1 is 1.00 bits per heavy atom. The number of aromatic nitrogens is 2. The van der Waals surface area contributed by atoms with Crippen molar-refractivity contribution in [3.63, 3.8) is 0 Å². The SMILES string of the molecule is O=C(COc1ccc(Oc2ccccc2)cc1)Nc1cn[nH]c1. The van der Waals surface area contributed by atoms with Crippen molar-refractivity contribution in [3.8, 4) is 17.2 Å². The number of rotatable bonds is 6. The van der Waals surface area contributed by atoms with Crippen molar-refractivity contribution in [1.29, 1.82) is 0 Å². The van der Waals surface area contributed by atoms with Gasteiger partial charge in [-0.15, -0.1) is 0 Å². The lowest BCUT2D eigenvalue weighted by atomic mass is 10.3. The van der Waals surface area contributed by atoms with E-state index in [0.29, 0.717) is 17.2 Å². The lowest BCUT2D eigenvalue weighted by Gasteiger charge is -2.08. The number of benzene rings is 2. The largest absolute Gasteiger partial charge is 0.484 e. The summed E-state index contributed by atoms with van der Waals surface area (Å²) in [5, 5.41) is 9.01. The fraction of sp³-hybridized carbons (Fsp3) is 0.0588. The predicted octanol–water partition coefficient (Wildman–Crippen LogP) is 3.22. The van der Waals surface area contributed by atoms with Gasteiger partial charge in [0.15, 0.2) is 6.61 Å². The summed E-state index contributed by atoms with van der Waals surface area (Å²) in [5.74, 6) is 1.80. The summed E-state index contributed by atoms with van der Waals surface area (Å²) in [5.41, 5.74) is 0.602. The second-order valence-corrected chi connectivity index (χ2v) is 4.71. The normalized spacial score (nSPS) is 10.1. The van der Waals surface area contributed by atoms with Crippen LogP contribution in [0.15, 0.2) is 67.0 Å². The number of nitrogens with zero attached hydrogens (tertiary/aromatic N) is 1. The Labute approximate surface area is 133 Å². The number of anilines is 1. The summed E-state index contributed by atoms with van der Waals surface area (Å²) in [4.78, 5) is 11.7. The summed E-state index contributed by atoms with van der Waals surface area (Å²) >= 11 is 0. The van der Waals surface area contributed by atoms with Gasteiger partial charge in [-0.05, 0) is 36.4 Å². The first-order chi connectivity index (χ1) is 11.3. The van der Waals surface area contributed by atoms with Gasteiger partial charge in [-0.1, -0.05) is 18.2 Å². The van der Waals surface area contributed by atoms with Crippen LogP contribution in [0.3, 0.4) is 0 Å². The molecule has 0 spiro atoms. The van der Waals surface area contributed by atoms with Gasteiger partial charge < -0.3 is 14.8 Å². The number of para-hydroxylation sites is 1. The minimum absolute atomic E-state index is 0.0793. The Bertz CT molecular complexity index is 741. The third-order valence-electron chi connectivity index (χ3n) is 2.95. The fourth-order valence-corrected chi connectivity index (χ4v) is 1.89. The van der Waals surface area contributed by atoms with Crippen LogP contribution >= 0.6 is 0 Å². The van der Waals surface area contributed by atoms with E-state index in [1.54, 1.807) is 30.5 Å². The van der Waals surface area contributed by atoms with Crippen molar-refractivity contribution in [3.05, 3.63) is 67.0 Å². The molecular weight excluding hydrogens is 294 g/mol. The molecular formula is C17H15N3O3. The third-order valence-corrected chi connectivity index (χ3v) is 2.95. The molecule has 116 valence electrons. The van der Waals surface area contributed by atoms with Crippen LogP contribution < -0.4 is 14.8 Å². The quantitative estimate of drug-likeness (QED) is 0.733. The zero-order chi connectivity index (χ0) is 15.9. The monoisotopic (exact) mass is 309 g/mol. The van der Waals surface area contributed by atoms with E-state index in [1.165, 1.54) is 6.20 Å². The van der Waals surface area contributed by atoms with Gasteiger partial charge in [-0.3, -0.25) is 9.89 Å². The van der Waals surface area contributed by atoms with Gasteiger partial charge >= 0.3 is 0 Å². The first-order valence-corrected chi connectivity index (χ1v) is 7.04. The van der Waals surface area contributed by atoms with Crippen LogP contribution in [0.4, 0.5) is 5.69 Å². The van der Waals surface area contributed by atoms with Gasteiger partial charge in [-0.25, -0.2) is 0 Å². The molecule has 0 unspecified atom stereocenters. The number of carbonyl (C=O) groups is 1. The molecule has 6 heteroatoms. The van der Waals surface area contributed by atoms with Crippen LogP contribution in [0.1, 0.15) is 0 Å². The topological polar surface area (TPSA) is 76.2 Å². The van der Waals surface area contributed by atoms with E-state index in [2.05, 4.69) is 15.5 Å². The molecule has 0 saturated carbocycles. The Morgan fingerprint density at radius 3 is 2.39 bits per heavy atom. The molecule has 1 aromatic heterocycles. The van der Waals surface area contributed by atoms with Crippen LogP contribution in [0.25, 0.3) is 0 Å². The van der Waals surface area contributed by atoms with Crippen molar-refractivity contribution in [2.24, 2.45) is 0 Å². The minimum Gasteiger partial charge on any atom is -0.484 e. The molecule has 0 aliphatic rings. The van der Waals surface area contributed by atoms with Crippen molar-refractivity contribution in [2.75, 3.05) is 11.9 Å². The predicted molar refractivity (Wildman–Crippen MR) is 85.7 cm³/mol. The molecule has 3 aromatic rings. The van der Waals surface area contributed by atoms with Crippen molar-refractivity contribution < 1.29 is 14.3 Å². The van der Waals surface area contributed by atoms with Crippen molar-refractivity contribution in [2.45, 2.75) is 0 Å². The van der Waals surface area contributed by atoms with Crippen LogP contribution in [0, 0.1) is 0 Å². The number of hydrogen-bond acceptors (Lipinski definition) is 4. The molecule has 1 heterocycles. The lowest BCUT2D eigenvalue weighted by Crippen LogP contribution is -2.19. The number of aromatic amines is 1. The molecule has 0 radical (unpaired) electrons. The van der Waals surface area contributed by atoms with Crippen LogP contribution in [-0.2, 0) is 4.79 Å². The van der Waals surface area contributed by atoms with E-state index in [1.807, 2.05) is 30.3 Å². The Hall–Kier alpha value is -3.28. The Morgan fingerprint density at radius 2 is 1.70 bits per heavy atom. The highest BCUT2D eigenvalue weighted by Gasteiger charge is 2.05. The molecule has 0 saturated heterocycles. The molecule has 2 aromatic carbocycles. The maximum Gasteiger partial charge on any atom is 0.262 e. The minimum atomic E-state index is -0.254. The molecule has 1 amide bonds. The maximum atomic E-state index is 11.7. The maximum absolute atomic E-state index is 11.7. The molecule has 0 aliphatic carbocycles. The second-order valence-electron chi connectivity index (χ2n) is 4.71. The average molecular weight is 309 g/mol. The van der Waals surface area contributed by atoms with E-state index in [9.17, 15) is 4.79 Å². The first kappa shape index (κ1) is 14.6. The number of H-pyrrole nitrogens is 1. The van der Waals surface area contributed by atoms with Crippen LogP contribution in [0.2, 0.25) is 0 Å². The highest BCUT2D eigenvalue weighted by atomic mass is 16.5. The van der Waals surface area contributed by atoms with Gasteiger partial charge in [0.2, 0.25) is 0 Å². The average Bonchev–Trinajstić information content (AvgIpc) is 3.08. The molecule has 23 heavy (non-hydrogen) atoms. The highest BCUT2D eigenvalue weighted by Crippen LogP contribution is 2.23. The first-order valence-electron chi connectivity index (χ1n) is 7.04. The van der Waals surface area contributed by atoms with E-state index in [4.69, 9.17) is 9.47 Å². The number of nitrogens with one attached hydrogen (secondary N) is 2. The molecule has 0 aliphatic heterocycles. The van der Waals surface area contributed by atoms with E-state index < -0.39 is 0 Å². The summed E-state index contributed by atoms with van der Waals surface area (Å²) in [7, 11) is 0. The van der Waals surface area contributed by atoms with Gasteiger partial charge in [0.25, 0.3) is 5.91 Å². The molecule has 0 fully saturated rings. The summed E-state index contributed by atoms with van der Waals surface area (Å²) in [6.45, 7) is -0.0793. The van der Waals surface area contributed by atoms with Crippen molar-refractivity contribution in [1.82, 2.24) is 10.2 Å². The number of ether oxygens (including phenoxy) is 2. The van der Waals surface area contributed by atoms with Crippen LogP contribution in [-0.4, -0.2) is 22.7 Å². The summed E-state index contributed by atoms with van der Waals surface area (Å²) in [6.07, 6.45) is 3.11. The summed E-state index contributed by atoms with van der Waals surface area (Å²) < 4.78 is 11.1. The highest BCUT2D eigenvalue weighted by molar-refractivity contribution is 5.91. The zero-order valence-corrected chi connectivity index (χ0v) is 12.2. The number of carbonyl (C=O) groups excluding carboxylic acids is 1.